The van der Waals surface area contributed by atoms with Gasteiger partial charge in [0.1, 0.15) is 5.69 Å². The molecule has 0 saturated carbocycles. The first-order valence-electron chi connectivity index (χ1n) is 7.91. The van der Waals surface area contributed by atoms with Crippen LogP contribution >= 0.6 is 11.6 Å². The molecule has 2 aromatic carbocycles. The summed E-state index contributed by atoms with van der Waals surface area (Å²) < 4.78 is 0. The van der Waals surface area contributed by atoms with E-state index in [0.29, 0.717) is 18.8 Å². The first-order chi connectivity index (χ1) is 12.9. The lowest BCUT2D eigenvalue weighted by atomic mass is 10.2. The summed E-state index contributed by atoms with van der Waals surface area (Å²) in [7, 11) is 0. The standard InChI is InChI=1S/C16H16ClN5O5/c17-12-9-11(21(24)25)5-6-13(12)19-8-7-18-10-16(23)20-14-3-1-2-4-15(14)22(26)27/h1-6,9,18-19H,7-8,10H2,(H,20,23)/p+1. The predicted octanol–water partition coefficient (Wildman–Crippen LogP) is 1.77. The van der Waals surface area contributed by atoms with E-state index >= 15 is 0 Å². The number of rotatable bonds is 9. The summed E-state index contributed by atoms with van der Waals surface area (Å²) in [5.41, 5.74) is 0.445. The third-order valence-corrected chi connectivity index (χ3v) is 3.84. The van der Waals surface area contributed by atoms with Crippen LogP contribution in [0.2, 0.25) is 5.02 Å². The zero-order valence-corrected chi connectivity index (χ0v) is 14.8. The quantitative estimate of drug-likeness (QED) is 0.336. The van der Waals surface area contributed by atoms with E-state index in [1.165, 1.54) is 36.4 Å². The molecule has 0 heterocycles. The number of anilines is 2. The first kappa shape index (κ1) is 20.1. The number of nitro groups is 2. The van der Waals surface area contributed by atoms with E-state index in [4.69, 9.17) is 11.6 Å². The van der Waals surface area contributed by atoms with Gasteiger partial charge in [-0.05, 0) is 12.1 Å². The van der Waals surface area contributed by atoms with Gasteiger partial charge in [-0.15, -0.1) is 0 Å². The smallest absolute Gasteiger partial charge is 0.292 e. The minimum Gasteiger partial charge on any atom is -0.378 e. The minimum absolute atomic E-state index is 0.0850. The lowest BCUT2D eigenvalue weighted by molar-refractivity contribution is -0.640. The molecule has 2 rings (SSSR count). The first-order valence-corrected chi connectivity index (χ1v) is 8.29. The molecular formula is C16H17ClN5O5+. The summed E-state index contributed by atoms with van der Waals surface area (Å²) in [6.07, 6.45) is 0. The largest absolute Gasteiger partial charge is 0.378 e. The maximum Gasteiger partial charge on any atom is 0.292 e. The molecule has 4 N–H and O–H groups in total. The number of para-hydroxylation sites is 2. The van der Waals surface area contributed by atoms with Crippen LogP contribution in [0.5, 0.6) is 0 Å². The van der Waals surface area contributed by atoms with E-state index in [9.17, 15) is 25.0 Å². The molecular weight excluding hydrogens is 378 g/mol. The third kappa shape index (κ3) is 5.90. The minimum atomic E-state index is -0.558. The summed E-state index contributed by atoms with van der Waals surface area (Å²) in [5.74, 6) is -0.363. The average molecular weight is 395 g/mol. The van der Waals surface area contributed by atoms with E-state index in [2.05, 4.69) is 10.6 Å². The van der Waals surface area contributed by atoms with Gasteiger partial charge in [0.05, 0.1) is 33.6 Å². The molecule has 0 aliphatic carbocycles. The van der Waals surface area contributed by atoms with Crippen LogP contribution in [-0.4, -0.2) is 35.4 Å². The van der Waals surface area contributed by atoms with Gasteiger partial charge in [0, 0.05) is 18.2 Å². The van der Waals surface area contributed by atoms with Crippen molar-refractivity contribution in [2.45, 2.75) is 0 Å². The Morgan fingerprint density at radius 1 is 1.07 bits per heavy atom. The average Bonchev–Trinajstić information content (AvgIpc) is 2.62. The molecule has 27 heavy (non-hydrogen) atoms. The van der Waals surface area contributed by atoms with Gasteiger partial charge in [-0.25, -0.2) is 0 Å². The van der Waals surface area contributed by atoms with Crippen LogP contribution in [0, 0.1) is 20.2 Å². The Hall–Kier alpha value is -3.24. The molecule has 0 aromatic heterocycles. The number of benzene rings is 2. The monoisotopic (exact) mass is 394 g/mol. The van der Waals surface area contributed by atoms with Crippen molar-refractivity contribution >= 4 is 40.3 Å². The van der Waals surface area contributed by atoms with Crippen LogP contribution in [0.1, 0.15) is 0 Å². The lowest BCUT2D eigenvalue weighted by Gasteiger charge is -2.08. The zero-order valence-electron chi connectivity index (χ0n) is 14.1. The molecule has 1 amide bonds. The SMILES string of the molecule is O=C(C[NH2+]CCNc1ccc([N+](=O)[O-])cc1Cl)Nc1ccccc1[N+](=O)[O-]. The fourth-order valence-corrected chi connectivity index (χ4v) is 2.48. The summed E-state index contributed by atoms with van der Waals surface area (Å²) in [4.78, 5) is 32.4. The van der Waals surface area contributed by atoms with Crippen LogP contribution < -0.4 is 16.0 Å². The molecule has 0 saturated heterocycles. The van der Waals surface area contributed by atoms with Gasteiger partial charge in [0.2, 0.25) is 0 Å². The number of hydrogen-bond acceptors (Lipinski definition) is 6. The Kier molecular flexibility index (Phi) is 7.03. The Balaban J connectivity index is 1.75. The van der Waals surface area contributed by atoms with Crippen molar-refractivity contribution in [3.63, 3.8) is 0 Å². The van der Waals surface area contributed by atoms with E-state index < -0.39 is 9.85 Å². The maximum absolute atomic E-state index is 11.9. The molecule has 2 aromatic rings. The molecule has 0 radical (unpaired) electrons. The van der Waals surface area contributed by atoms with Crippen molar-refractivity contribution in [2.75, 3.05) is 30.3 Å². The number of carbonyl (C=O) groups is 1. The fourth-order valence-electron chi connectivity index (χ4n) is 2.24. The van der Waals surface area contributed by atoms with Crippen LogP contribution in [0.4, 0.5) is 22.7 Å². The summed E-state index contributed by atoms with van der Waals surface area (Å²) in [5, 5.41) is 29.1. The number of halogens is 1. The topological polar surface area (TPSA) is 144 Å². The van der Waals surface area contributed by atoms with Crippen LogP contribution in [0.15, 0.2) is 42.5 Å². The highest BCUT2D eigenvalue weighted by molar-refractivity contribution is 6.33. The second-order valence-electron chi connectivity index (χ2n) is 5.45. The summed E-state index contributed by atoms with van der Waals surface area (Å²) >= 11 is 5.97. The third-order valence-electron chi connectivity index (χ3n) is 3.53. The lowest BCUT2D eigenvalue weighted by Crippen LogP contribution is -2.87. The molecule has 0 bridgehead atoms. The Morgan fingerprint density at radius 2 is 1.81 bits per heavy atom. The normalized spacial score (nSPS) is 10.3. The van der Waals surface area contributed by atoms with E-state index in [0.717, 1.165) is 0 Å². The molecule has 0 aliphatic heterocycles. The Bertz CT molecular complexity index is 861. The molecule has 11 heteroatoms. The van der Waals surface area contributed by atoms with Crippen LogP contribution in [0.25, 0.3) is 0 Å². The van der Waals surface area contributed by atoms with Crippen molar-refractivity contribution in [1.82, 2.24) is 0 Å². The number of amides is 1. The van der Waals surface area contributed by atoms with Gasteiger partial charge in [0.25, 0.3) is 17.3 Å². The highest BCUT2D eigenvalue weighted by Gasteiger charge is 2.15. The number of nitro benzene ring substituents is 2. The van der Waals surface area contributed by atoms with Gasteiger partial charge in [-0.2, -0.15) is 0 Å². The predicted molar refractivity (Wildman–Crippen MR) is 100.0 cm³/mol. The van der Waals surface area contributed by atoms with E-state index in [1.807, 2.05) is 0 Å². The second-order valence-corrected chi connectivity index (χ2v) is 5.86. The molecule has 0 atom stereocenters. The highest BCUT2D eigenvalue weighted by Crippen LogP contribution is 2.26. The second kappa shape index (κ2) is 9.46. The van der Waals surface area contributed by atoms with Crippen molar-refractivity contribution in [3.05, 3.63) is 67.7 Å². The Labute approximate surface area is 158 Å². The van der Waals surface area contributed by atoms with E-state index in [1.54, 1.807) is 11.4 Å². The number of hydrogen-bond donors (Lipinski definition) is 3. The summed E-state index contributed by atoms with van der Waals surface area (Å²) in [6, 6.07) is 10.0. The van der Waals surface area contributed by atoms with E-state index in [-0.39, 0.29) is 34.5 Å². The van der Waals surface area contributed by atoms with Crippen molar-refractivity contribution in [2.24, 2.45) is 0 Å². The van der Waals surface area contributed by atoms with Gasteiger partial charge in [-0.3, -0.25) is 25.0 Å². The van der Waals surface area contributed by atoms with Gasteiger partial charge in [-0.1, -0.05) is 23.7 Å². The maximum atomic E-state index is 11.9. The van der Waals surface area contributed by atoms with Gasteiger partial charge in [0.15, 0.2) is 6.54 Å². The van der Waals surface area contributed by atoms with Gasteiger partial charge >= 0.3 is 0 Å². The molecule has 10 nitrogen and oxygen atoms in total. The number of quaternary nitrogens is 1. The number of non-ortho nitro benzene ring substituents is 1. The van der Waals surface area contributed by atoms with Crippen LogP contribution in [0.3, 0.4) is 0 Å². The summed E-state index contributed by atoms with van der Waals surface area (Å²) in [6.45, 7) is 1.08. The molecule has 0 unspecified atom stereocenters. The van der Waals surface area contributed by atoms with Crippen molar-refractivity contribution in [1.29, 1.82) is 0 Å². The van der Waals surface area contributed by atoms with Crippen molar-refractivity contribution < 1.29 is 20.0 Å². The van der Waals surface area contributed by atoms with Crippen molar-refractivity contribution in [3.8, 4) is 0 Å². The zero-order chi connectivity index (χ0) is 19.8. The van der Waals surface area contributed by atoms with Gasteiger partial charge < -0.3 is 16.0 Å². The number of nitrogens with zero attached hydrogens (tertiary/aromatic N) is 2. The number of nitrogens with one attached hydrogen (secondary N) is 2. The van der Waals surface area contributed by atoms with Crippen LogP contribution in [-0.2, 0) is 4.79 Å². The molecule has 0 spiro atoms. The molecule has 0 fully saturated rings. The Morgan fingerprint density at radius 3 is 2.48 bits per heavy atom. The fraction of sp³-hybridized carbons (Fsp3) is 0.188. The highest BCUT2D eigenvalue weighted by atomic mass is 35.5. The number of nitrogens with two attached hydrogens (primary N) is 1. The molecule has 0 aliphatic rings. The number of carbonyl (C=O) groups excluding carboxylic acids is 1. The molecule has 142 valence electrons.